The number of benzene rings is 1. The lowest BCUT2D eigenvalue weighted by Gasteiger charge is -2.24. The molecule has 1 amide bonds. The van der Waals surface area contributed by atoms with E-state index in [9.17, 15) is 27.2 Å². The third-order valence-electron chi connectivity index (χ3n) is 4.80. The molecule has 1 saturated heterocycles. The highest BCUT2D eigenvalue weighted by Gasteiger charge is 2.40. The second kappa shape index (κ2) is 9.89. The van der Waals surface area contributed by atoms with Gasteiger partial charge < -0.3 is 9.64 Å². The molecule has 1 atom stereocenters. The summed E-state index contributed by atoms with van der Waals surface area (Å²) in [5.74, 6) is -2.57. The van der Waals surface area contributed by atoms with Crippen molar-refractivity contribution in [1.82, 2.24) is 4.90 Å². The van der Waals surface area contributed by atoms with Gasteiger partial charge in [0.1, 0.15) is 11.9 Å². The molecule has 4 nitrogen and oxygen atoms in total. The van der Waals surface area contributed by atoms with Gasteiger partial charge in [0, 0.05) is 6.54 Å². The molecule has 156 valence electrons. The van der Waals surface area contributed by atoms with E-state index in [-0.39, 0.29) is 13.2 Å². The van der Waals surface area contributed by atoms with E-state index >= 15 is 0 Å². The van der Waals surface area contributed by atoms with Crippen LogP contribution >= 0.6 is 0 Å². The zero-order chi connectivity index (χ0) is 20.7. The van der Waals surface area contributed by atoms with Crippen LogP contribution in [0.15, 0.2) is 18.2 Å². The molecule has 1 fully saturated rings. The summed E-state index contributed by atoms with van der Waals surface area (Å²) in [4.78, 5) is 26.1. The Kier molecular flexibility index (Phi) is 7.83. The molecule has 1 aliphatic rings. The van der Waals surface area contributed by atoms with Crippen molar-refractivity contribution in [2.45, 2.75) is 64.1 Å². The summed E-state index contributed by atoms with van der Waals surface area (Å²) in [5, 5.41) is 0. The van der Waals surface area contributed by atoms with Crippen LogP contribution in [0, 0.1) is 5.82 Å². The quantitative estimate of drug-likeness (QED) is 0.350. The maximum Gasteiger partial charge on any atom is 0.417 e. The molecule has 0 spiro atoms. The molecule has 0 N–H and O–H groups in total. The maximum atomic E-state index is 13.5. The highest BCUT2D eigenvalue weighted by Crippen LogP contribution is 2.34. The van der Waals surface area contributed by atoms with Gasteiger partial charge in [-0.25, -0.2) is 9.18 Å². The molecule has 0 radical (unpaired) electrons. The highest BCUT2D eigenvalue weighted by molar-refractivity contribution is 5.98. The Hall–Kier alpha value is -2.12. The fourth-order valence-corrected chi connectivity index (χ4v) is 3.32. The SMILES string of the molecule is CCCCCCCOC(=O)C1CCCN1C(=O)c1cc(F)ccc1C(F)(F)F. The lowest BCUT2D eigenvalue weighted by atomic mass is 10.0. The second-order valence-electron chi connectivity index (χ2n) is 6.93. The van der Waals surface area contributed by atoms with Crippen molar-refractivity contribution in [2.75, 3.05) is 13.2 Å². The molecule has 8 heteroatoms. The number of hydrogen-bond donors (Lipinski definition) is 0. The largest absolute Gasteiger partial charge is 0.464 e. The number of likely N-dealkylation sites (tertiary alicyclic amines) is 1. The average molecular weight is 403 g/mol. The minimum Gasteiger partial charge on any atom is -0.464 e. The molecular weight excluding hydrogens is 378 g/mol. The summed E-state index contributed by atoms with van der Waals surface area (Å²) in [6.07, 6.45) is 0.860. The average Bonchev–Trinajstić information content (AvgIpc) is 3.12. The van der Waals surface area contributed by atoms with Gasteiger partial charge >= 0.3 is 12.1 Å². The van der Waals surface area contributed by atoms with Crippen LogP contribution in [0.3, 0.4) is 0 Å². The number of ether oxygens (including phenoxy) is 1. The first-order valence-electron chi connectivity index (χ1n) is 9.60. The van der Waals surface area contributed by atoms with Crippen molar-refractivity contribution >= 4 is 11.9 Å². The predicted octanol–water partition coefficient (Wildman–Crippen LogP) is 4.96. The van der Waals surface area contributed by atoms with E-state index in [1.807, 2.05) is 0 Å². The van der Waals surface area contributed by atoms with Gasteiger partial charge in [-0.2, -0.15) is 13.2 Å². The molecule has 0 aliphatic carbocycles. The van der Waals surface area contributed by atoms with E-state index in [2.05, 4.69) is 6.92 Å². The van der Waals surface area contributed by atoms with Gasteiger partial charge in [-0.05, 0) is 37.5 Å². The monoisotopic (exact) mass is 403 g/mol. The number of nitrogens with zero attached hydrogens (tertiary/aromatic N) is 1. The van der Waals surface area contributed by atoms with Crippen molar-refractivity contribution in [1.29, 1.82) is 0 Å². The topological polar surface area (TPSA) is 46.6 Å². The van der Waals surface area contributed by atoms with E-state index < -0.39 is 41.0 Å². The van der Waals surface area contributed by atoms with Crippen LogP contribution < -0.4 is 0 Å². The van der Waals surface area contributed by atoms with Crippen LogP contribution in [-0.4, -0.2) is 36.0 Å². The summed E-state index contributed by atoms with van der Waals surface area (Å²) in [6, 6.07) is 0.836. The first-order valence-corrected chi connectivity index (χ1v) is 9.60. The zero-order valence-electron chi connectivity index (χ0n) is 15.9. The van der Waals surface area contributed by atoms with Crippen LogP contribution in [0.5, 0.6) is 0 Å². The minimum absolute atomic E-state index is 0.128. The number of unbranched alkanes of at least 4 members (excludes halogenated alkanes) is 4. The minimum atomic E-state index is -4.80. The summed E-state index contributed by atoms with van der Waals surface area (Å²) >= 11 is 0. The van der Waals surface area contributed by atoms with E-state index in [0.29, 0.717) is 37.5 Å². The van der Waals surface area contributed by atoms with Crippen molar-refractivity contribution in [3.05, 3.63) is 35.1 Å². The molecular formula is C20H25F4NO3. The van der Waals surface area contributed by atoms with Crippen molar-refractivity contribution in [3.63, 3.8) is 0 Å². The smallest absolute Gasteiger partial charge is 0.417 e. The summed E-state index contributed by atoms with van der Waals surface area (Å²) in [5.41, 5.74) is -2.00. The van der Waals surface area contributed by atoms with Crippen molar-refractivity contribution in [2.24, 2.45) is 0 Å². The number of halogens is 4. The number of alkyl halides is 3. The molecule has 1 unspecified atom stereocenters. The standard InChI is InChI=1S/C20H25F4NO3/c1-2-3-4-5-6-12-28-19(27)17-8-7-11-25(17)18(26)15-13-14(21)9-10-16(15)20(22,23)24/h9-10,13,17H,2-8,11-12H2,1H3. The Morgan fingerprint density at radius 1 is 1.18 bits per heavy atom. The fourth-order valence-electron chi connectivity index (χ4n) is 3.32. The van der Waals surface area contributed by atoms with Gasteiger partial charge in [0.2, 0.25) is 0 Å². The second-order valence-corrected chi connectivity index (χ2v) is 6.93. The Morgan fingerprint density at radius 2 is 1.89 bits per heavy atom. The number of esters is 1. The summed E-state index contributed by atoms with van der Waals surface area (Å²) < 4.78 is 58.3. The fraction of sp³-hybridized carbons (Fsp3) is 0.600. The van der Waals surface area contributed by atoms with Gasteiger partial charge in [-0.1, -0.05) is 32.6 Å². The lowest BCUT2D eigenvalue weighted by Crippen LogP contribution is -2.42. The number of amides is 1. The van der Waals surface area contributed by atoms with E-state index in [1.54, 1.807) is 0 Å². The molecule has 28 heavy (non-hydrogen) atoms. The first-order chi connectivity index (χ1) is 13.3. The van der Waals surface area contributed by atoms with Gasteiger partial charge in [0.15, 0.2) is 0 Å². The normalized spacial score (nSPS) is 17.0. The van der Waals surface area contributed by atoms with Crippen LogP contribution in [0.1, 0.15) is 67.8 Å². The van der Waals surface area contributed by atoms with E-state index in [4.69, 9.17) is 4.74 Å². The third-order valence-corrected chi connectivity index (χ3v) is 4.80. The predicted molar refractivity (Wildman–Crippen MR) is 95.2 cm³/mol. The van der Waals surface area contributed by atoms with E-state index in [0.717, 1.165) is 30.6 Å². The number of carbonyl (C=O) groups is 2. The number of rotatable bonds is 8. The maximum absolute atomic E-state index is 13.5. The third kappa shape index (κ3) is 5.69. The van der Waals surface area contributed by atoms with Gasteiger partial charge in [-0.3, -0.25) is 4.79 Å². The molecule has 1 aromatic carbocycles. The molecule has 0 saturated carbocycles. The van der Waals surface area contributed by atoms with Crippen LogP contribution in [0.25, 0.3) is 0 Å². The Labute approximate surface area is 161 Å². The Balaban J connectivity index is 2.05. The molecule has 2 rings (SSSR count). The molecule has 0 aromatic heterocycles. The summed E-state index contributed by atoms with van der Waals surface area (Å²) in [6.45, 7) is 2.44. The Morgan fingerprint density at radius 3 is 2.57 bits per heavy atom. The first kappa shape index (κ1) is 22.2. The van der Waals surface area contributed by atoms with Gasteiger partial charge in [0.05, 0.1) is 17.7 Å². The molecule has 1 heterocycles. The van der Waals surface area contributed by atoms with Crippen LogP contribution in [0.4, 0.5) is 17.6 Å². The highest BCUT2D eigenvalue weighted by atomic mass is 19.4. The van der Waals surface area contributed by atoms with Gasteiger partial charge in [-0.15, -0.1) is 0 Å². The number of carbonyl (C=O) groups excluding carboxylic acids is 2. The molecule has 1 aliphatic heterocycles. The zero-order valence-corrected chi connectivity index (χ0v) is 15.9. The summed E-state index contributed by atoms with van der Waals surface area (Å²) in [7, 11) is 0. The van der Waals surface area contributed by atoms with E-state index in [1.165, 1.54) is 0 Å². The van der Waals surface area contributed by atoms with Crippen LogP contribution in [-0.2, 0) is 15.7 Å². The Bertz CT molecular complexity index is 691. The molecule has 1 aromatic rings. The van der Waals surface area contributed by atoms with Gasteiger partial charge in [0.25, 0.3) is 5.91 Å². The molecule has 0 bridgehead atoms. The lowest BCUT2D eigenvalue weighted by molar-refractivity contribution is -0.148. The number of hydrogen-bond acceptors (Lipinski definition) is 3. The van der Waals surface area contributed by atoms with Crippen LogP contribution in [0.2, 0.25) is 0 Å². The van der Waals surface area contributed by atoms with Crippen molar-refractivity contribution in [3.8, 4) is 0 Å². The van der Waals surface area contributed by atoms with Crippen molar-refractivity contribution < 1.29 is 31.9 Å².